The fourth-order valence-corrected chi connectivity index (χ4v) is 17.6. The van der Waals surface area contributed by atoms with E-state index in [1.54, 1.807) is 0 Å². The Bertz CT molecular complexity index is 5860. The van der Waals surface area contributed by atoms with Gasteiger partial charge in [0.25, 0.3) is 0 Å². The topological polar surface area (TPSA) is 18.5 Å². The lowest BCUT2D eigenvalue weighted by Crippen LogP contribution is -2.34. The molecule has 18 aromatic carbocycles. The van der Waals surface area contributed by atoms with Gasteiger partial charge < -0.3 is 9.47 Å². The van der Waals surface area contributed by atoms with Gasteiger partial charge in [0.05, 0.1) is 10.8 Å². The molecule has 0 radical (unpaired) electrons. The third-order valence-electron chi connectivity index (χ3n) is 21.7. The van der Waals surface area contributed by atoms with Crippen LogP contribution in [0.15, 0.2) is 376 Å². The van der Waals surface area contributed by atoms with Crippen LogP contribution in [0.1, 0.15) is 44.5 Å². The number of benzene rings is 18. The van der Waals surface area contributed by atoms with E-state index in [1.807, 2.05) is 0 Å². The van der Waals surface area contributed by atoms with Gasteiger partial charge in [0.2, 0.25) is 0 Å². The molecule has 2 heteroatoms. The van der Waals surface area contributed by atoms with Crippen LogP contribution in [-0.2, 0) is 10.8 Å². The lowest BCUT2D eigenvalue weighted by molar-refractivity contribution is 0.436. The standard InChI is InChI=1S/C98H62O2/c1-5-33-65(34-6-1)97(66-35-7-2-8-36-66)87-55-17-19-59-91(87)99-95-81(53-27-57-89(95)97)75-47-25-51-79-85(75)62-86-76(82-54-28-58-90-96(82)100-92-60-20-18-56-88(92)98(90,67-37-9-3-10-38-67)68-39-11-4-12-40-68)48-26-52-80(86)94(79)93-77-49-23-45-73(71-43-21-31-63-29-13-15-41-69(63)71)83(77)61-84-74(46-24-50-78(84)93)72-44-22-32-64-30-14-16-42-70(64)72/h1-62H. The highest BCUT2D eigenvalue weighted by atomic mass is 16.5. The number of ether oxygens (including phenoxy) is 2. The minimum atomic E-state index is -0.733. The molecule has 0 aromatic heterocycles. The fraction of sp³-hybridized carbons (Fsp3) is 0.0204. The zero-order valence-electron chi connectivity index (χ0n) is 54.6. The Kier molecular flexibility index (Phi) is 13.1. The molecule has 0 N–H and O–H groups in total. The highest BCUT2D eigenvalue weighted by Crippen LogP contribution is 2.61. The van der Waals surface area contributed by atoms with Gasteiger partial charge in [0.15, 0.2) is 0 Å². The van der Waals surface area contributed by atoms with E-state index in [2.05, 4.69) is 376 Å². The Morgan fingerprint density at radius 2 is 0.410 bits per heavy atom. The molecular weight excluding hydrogens is 1210 g/mol. The van der Waals surface area contributed by atoms with Crippen LogP contribution in [0.2, 0.25) is 0 Å². The van der Waals surface area contributed by atoms with E-state index >= 15 is 0 Å². The van der Waals surface area contributed by atoms with Crippen molar-refractivity contribution in [3.05, 3.63) is 421 Å². The number of hydrogen-bond acceptors (Lipinski definition) is 2. The first-order valence-electron chi connectivity index (χ1n) is 34.6. The first-order valence-corrected chi connectivity index (χ1v) is 34.6. The van der Waals surface area contributed by atoms with Gasteiger partial charge in [-0.3, -0.25) is 0 Å². The van der Waals surface area contributed by atoms with Gasteiger partial charge in [-0.05, 0) is 156 Å². The molecule has 2 aliphatic rings. The quantitative estimate of drug-likeness (QED) is 0.134. The summed E-state index contributed by atoms with van der Waals surface area (Å²) in [5, 5.41) is 14.0. The molecule has 20 rings (SSSR count). The summed E-state index contributed by atoms with van der Waals surface area (Å²) in [5.74, 6) is 3.31. The number of rotatable bonds is 9. The maximum atomic E-state index is 7.56. The van der Waals surface area contributed by atoms with Crippen LogP contribution < -0.4 is 9.47 Å². The molecule has 100 heavy (non-hydrogen) atoms. The summed E-state index contributed by atoms with van der Waals surface area (Å²) in [6, 6.07) is 139. The predicted molar refractivity (Wildman–Crippen MR) is 415 cm³/mol. The Labute approximate surface area is 580 Å². The van der Waals surface area contributed by atoms with Crippen LogP contribution in [0.3, 0.4) is 0 Å². The second-order valence-corrected chi connectivity index (χ2v) is 26.7. The van der Waals surface area contributed by atoms with Crippen molar-refractivity contribution in [2.45, 2.75) is 10.8 Å². The van der Waals surface area contributed by atoms with E-state index in [1.165, 1.54) is 82.4 Å². The Hall–Kier alpha value is -12.9. The van der Waals surface area contributed by atoms with Gasteiger partial charge in [-0.2, -0.15) is 0 Å². The normalized spacial score (nSPS) is 13.3. The number of hydrogen-bond donors (Lipinski definition) is 0. The second kappa shape index (κ2) is 22.9. The lowest BCUT2D eigenvalue weighted by atomic mass is 9.63. The summed E-state index contributed by atoms with van der Waals surface area (Å²) in [7, 11) is 0. The van der Waals surface area contributed by atoms with Gasteiger partial charge in [-0.25, -0.2) is 0 Å². The van der Waals surface area contributed by atoms with E-state index in [9.17, 15) is 0 Å². The van der Waals surface area contributed by atoms with Gasteiger partial charge in [0.1, 0.15) is 23.0 Å². The van der Waals surface area contributed by atoms with Crippen molar-refractivity contribution in [3.63, 3.8) is 0 Å². The SMILES string of the molecule is c1ccc(C2(c3ccccc3)c3ccccc3Oc3c(-c4cccc5c(-c6c7cccc(-c8cccc9ccccc89)c7cc7c(-c8cccc9ccccc89)cccc67)c6cccc(-c7cccc8c7Oc7ccccc7C8(c7ccccc7)c7ccccc7)c6cc45)cccc32)cc1. The van der Waals surface area contributed by atoms with Crippen molar-refractivity contribution in [2.24, 2.45) is 0 Å². The summed E-state index contributed by atoms with van der Waals surface area (Å²) in [4.78, 5) is 0. The Morgan fingerprint density at radius 1 is 0.170 bits per heavy atom. The molecule has 0 fully saturated rings. The monoisotopic (exact) mass is 1270 g/mol. The summed E-state index contributed by atoms with van der Waals surface area (Å²) >= 11 is 0. The molecule has 0 unspecified atom stereocenters. The van der Waals surface area contributed by atoms with Crippen molar-refractivity contribution < 1.29 is 9.47 Å². The average Bonchev–Trinajstić information content (AvgIpc) is 0.707. The summed E-state index contributed by atoms with van der Waals surface area (Å²) in [6.07, 6.45) is 0. The van der Waals surface area contributed by atoms with Crippen LogP contribution in [0, 0.1) is 0 Å². The molecule has 0 atom stereocenters. The largest absolute Gasteiger partial charge is 0.456 e. The van der Waals surface area contributed by atoms with Crippen molar-refractivity contribution in [3.8, 4) is 78.6 Å². The van der Waals surface area contributed by atoms with Crippen LogP contribution in [0.25, 0.3) is 120 Å². The van der Waals surface area contributed by atoms with Crippen molar-refractivity contribution in [1.29, 1.82) is 0 Å². The van der Waals surface area contributed by atoms with Crippen LogP contribution in [0.5, 0.6) is 23.0 Å². The maximum absolute atomic E-state index is 7.56. The van der Waals surface area contributed by atoms with E-state index in [0.717, 1.165) is 105 Å². The minimum absolute atomic E-state index is 0.733. The molecule has 0 amide bonds. The molecule has 0 aliphatic carbocycles. The van der Waals surface area contributed by atoms with Gasteiger partial charge in [-0.15, -0.1) is 0 Å². The van der Waals surface area contributed by atoms with Gasteiger partial charge >= 0.3 is 0 Å². The first-order chi connectivity index (χ1) is 49.6. The molecule has 18 aromatic rings. The molecule has 2 heterocycles. The molecule has 0 bridgehead atoms. The van der Waals surface area contributed by atoms with Crippen LogP contribution >= 0.6 is 0 Å². The summed E-state index contributed by atoms with van der Waals surface area (Å²) < 4.78 is 15.1. The second-order valence-electron chi connectivity index (χ2n) is 26.7. The molecular formula is C98H62O2. The van der Waals surface area contributed by atoms with Gasteiger partial charge in [-0.1, -0.05) is 352 Å². The smallest absolute Gasteiger partial charge is 0.140 e. The van der Waals surface area contributed by atoms with E-state index in [-0.39, 0.29) is 0 Å². The third kappa shape index (κ3) is 8.44. The summed E-state index contributed by atoms with van der Waals surface area (Å²) in [5.41, 5.74) is 18.7. The molecule has 0 saturated heterocycles. The van der Waals surface area contributed by atoms with Crippen molar-refractivity contribution >= 4 is 64.6 Å². The minimum Gasteiger partial charge on any atom is -0.456 e. The van der Waals surface area contributed by atoms with E-state index in [4.69, 9.17) is 9.47 Å². The zero-order valence-corrected chi connectivity index (χ0v) is 54.6. The Morgan fingerprint density at radius 3 is 0.770 bits per heavy atom. The molecule has 2 aliphatic heterocycles. The van der Waals surface area contributed by atoms with Crippen LogP contribution in [0.4, 0.5) is 0 Å². The van der Waals surface area contributed by atoms with E-state index in [0.29, 0.717) is 0 Å². The highest BCUT2D eigenvalue weighted by Gasteiger charge is 2.48. The molecule has 0 spiro atoms. The Balaban J connectivity index is 0.944. The van der Waals surface area contributed by atoms with Crippen LogP contribution in [-0.4, -0.2) is 0 Å². The molecule has 0 saturated carbocycles. The van der Waals surface area contributed by atoms with Crippen molar-refractivity contribution in [2.75, 3.05) is 0 Å². The van der Waals surface area contributed by atoms with E-state index < -0.39 is 10.8 Å². The lowest BCUT2D eigenvalue weighted by Gasteiger charge is -2.42. The maximum Gasteiger partial charge on any atom is 0.140 e. The first kappa shape index (κ1) is 57.4. The number of para-hydroxylation sites is 4. The van der Waals surface area contributed by atoms with Crippen molar-refractivity contribution in [1.82, 2.24) is 0 Å². The number of fused-ring (bicyclic) bond motifs is 10. The van der Waals surface area contributed by atoms with Gasteiger partial charge in [0, 0.05) is 33.4 Å². The third-order valence-corrected chi connectivity index (χ3v) is 21.7. The average molecular weight is 1270 g/mol. The molecule has 466 valence electrons. The highest BCUT2D eigenvalue weighted by molar-refractivity contribution is 6.29. The predicted octanol–water partition coefficient (Wildman–Crippen LogP) is 25.9. The zero-order chi connectivity index (χ0) is 65.9. The summed E-state index contributed by atoms with van der Waals surface area (Å²) in [6.45, 7) is 0. The molecule has 2 nitrogen and oxygen atoms in total. The fourth-order valence-electron chi connectivity index (χ4n) is 17.6.